The van der Waals surface area contributed by atoms with Gasteiger partial charge in [-0.1, -0.05) is 30.3 Å². The summed E-state index contributed by atoms with van der Waals surface area (Å²) in [4.78, 5) is 19.7. The molecular weight excluding hydrogens is 350 g/mol. The van der Waals surface area contributed by atoms with E-state index in [0.29, 0.717) is 25.7 Å². The van der Waals surface area contributed by atoms with Crippen molar-refractivity contribution in [3.8, 4) is 0 Å². The van der Waals surface area contributed by atoms with Gasteiger partial charge in [0.2, 0.25) is 0 Å². The molecule has 2 aromatic rings. The summed E-state index contributed by atoms with van der Waals surface area (Å²) in [5.41, 5.74) is 4.61. The van der Waals surface area contributed by atoms with Gasteiger partial charge in [-0.05, 0) is 43.4 Å². The second-order valence-electron chi connectivity index (χ2n) is 8.13. The minimum atomic E-state index is 0.104. The van der Waals surface area contributed by atoms with Crippen molar-refractivity contribution < 1.29 is 9.53 Å². The first-order chi connectivity index (χ1) is 13.6. The Bertz CT molecular complexity index is 811. The highest BCUT2D eigenvalue weighted by atomic mass is 16.5. The van der Waals surface area contributed by atoms with Crippen molar-refractivity contribution in [3.63, 3.8) is 0 Å². The third-order valence-electron chi connectivity index (χ3n) is 5.55. The summed E-state index contributed by atoms with van der Waals surface area (Å²) in [5.74, 6) is 0.450. The van der Waals surface area contributed by atoms with E-state index in [4.69, 9.17) is 4.74 Å². The van der Waals surface area contributed by atoms with Crippen molar-refractivity contribution in [1.29, 1.82) is 0 Å². The van der Waals surface area contributed by atoms with Gasteiger partial charge < -0.3 is 19.4 Å². The number of anilines is 1. The third-order valence-corrected chi connectivity index (χ3v) is 5.55. The van der Waals surface area contributed by atoms with E-state index in [0.717, 1.165) is 37.4 Å². The van der Waals surface area contributed by atoms with E-state index in [1.165, 1.54) is 11.1 Å². The van der Waals surface area contributed by atoms with Crippen LogP contribution in [0.25, 0.3) is 0 Å². The van der Waals surface area contributed by atoms with E-state index in [-0.39, 0.29) is 5.91 Å². The normalized spacial score (nSPS) is 19.6. The summed E-state index contributed by atoms with van der Waals surface area (Å²) in [6.07, 6.45) is 0. The molecule has 1 saturated heterocycles. The van der Waals surface area contributed by atoms with Crippen LogP contribution < -0.4 is 4.90 Å². The molecule has 0 aromatic heterocycles. The van der Waals surface area contributed by atoms with E-state index < -0.39 is 0 Å². The Kier molecular flexibility index (Phi) is 5.64. The van der Waals surface area contributed by atoms with Gasteiger partial charge in [0, 0.05) is 49.9 Å². The van der Waals surface area contributed by atoms with Gasteiger partial charge in [0.25, 0.3) is 5.91 Å². The van der Waals surface area contributed by atoms with Crippen molar-refractivity contribution in [2.75, 3.05) is 51.8 Å². The largest absolute Gasteiger partial charge is 0.379 e. The van der Waals surface area contributed by atoms with Gasteiger partial charge in [0.15, 0.2) is 0 Å². The van der Waals surface area contributed by atoms with Crippen molar-refractivity contribution in [2.24, 2.45) is 5.92 Å². The Morgan fingerprint density at radius 2 is 1.86 bits per heavy atom. The molecule has 0 radical (unpaired) electrons. The second kappa shape index (κ2) is 8.33. The summed E-state index contributed by atoms with van der Waals surface area (Å²) in [6, 6.07) is 16.6. The molecule has 5 nitrogen and oxygen atoms in total. The lowest BCUT2D eigenvalue weighted by Crippen LogP contribution is -2.38. The number of ether oxygens (including phenoxy) is 1. The van der Waals surface area contributed by atoms with Gasteiger partial charge in [-0.2, -0.15) is 0 Å². The Morgan fingerprint density at radius 3 is 2.57 bits per heavy atom. The molecule has 2 aliphatic rings. The molecule has 2 aromatic carbocycles. The fraction of sp³-hybridized carbons (Fsp3) is 0.435. The number of hydrogen-bond acceptors (Lipinski definition) is 4. The average Bonchev–Trinajstić information content (AvgIpc) is 3.00. The first kappa shape index (κ1) is 19.0. The zero-order valence-corrected chi connectivity index (χ0v) is 16.8. The lowest BCUT2D eigenvalue weighted by molar-refractivity contribution is 0.0735. The maximum Gasteiger partial charge on any atom is 0.254 e. The maximum atomic E-state index is 13.2. The number of benzene rings is 2. The molecular formula is C23H29N3O2. The summed E-state index contributed by atoms with van der Waals surface area (Å²) >= 11 is 0. The monoisotopic (exact) mass is 379 g/mol. The number of hydrogen-bond donors (Lipinski definition) is 0. The molecule has 0 aliphatic carbocycles. The molecule has 28 heavy (non-hydrogen) atoms. The maximum absolute atomic E-state index is 13.2. The highest BCUT2D eigenvalue weighted by Gasteiger charge is 2.25. The molecule has 1 atom stereocenters. The zero-order valence-electron chi connectivity index (χ0n) is 16.8. The van der Waals surface area contributed by atoms with Crippen LogP contribution in [-0.4, -0.2) is 62.7 Å². The van der Waals surface area contributed by atoms with Gasteiger partial charge in [0.05, 0.1) is 13.2 Å². The van der Waals surface area contributed by atoms with E-state index in [9.17, 15) is 4.79 Å². The number of nitrogens with zero attached hydrogens (tertiary/aromatic N) is 3. The van der Waals surface area contributed by atoms with Crippen molar-refractivity contribution >= 4 is 11.6 Å². The minimum Gasteiger partial charge on any atom is -0.379 e. The lowest BCUT2D eigenvalue weighted by atomic mass is 10.1. The fourth-order valence-corrected chi connectivity index (χ4v) is 4.23. The van der Waals surface area contributed by atoms with Gasteiger partial charge >= 0.3 is 0 Å². The van der Waals surface area contributed by atoms with E-state index in [2.05, 4.69) is 54.2 Å². The fourth-order valence-electron chi connectivity index (χ4n) is 4.23. The molecule has 4 rings (SSSR count). The summed E-state index contributed by atoms with van der Waals surface area (Å²) in [6.45, 7) is 5.45. The molecule has 5 heteroatoms. The van der Waals surface area contributed by atoms with Crippen molar-refractivity contribution in [1.82, 2.24) is 9.80 Å². The van der Waals surface area contributed by atoms with Crippen molar-refractivity contribution in [2.45, 2.75) is 13.1 Å². The number of rotatable bonds is 4. The van der Waals surface area contributed by atoms with Crippen LogP contribution >= 0.6 is 0 Å². The highest BCUT2D eigenvalue weighted by Crippen LogP contribution is 2.29. The standard InChI is InChI=1S/C23H29N3O2/c1-24(2)13-18-14-25(10-11-28-17-18)23(27)19-8-5-9-22(12-19)26-15-20-6-3-4-7-21(20)16-26/h3-9,12,18H,10-11,13-17H2,1-2H3/t18-/m1/s1. The van der Waals surface area contributed by atoms with Crippen LogP contribution in [0.15, 0.2) is 48.5 Å². The Balaban J connectivity index is 1.48. The molecule has 148 valence electrons. The Labute approximate surface area is 167 Å². The number of fused-ring (bicyclic) bond motifs is 1. The number of carbonyl (C=O) groups excluding carboxylic acids is 1. The summed E-state index contributed by atoms with van der Waals surface area (Å²) in [5, 5.41) is 0. The lowest BCUT2D eigenvalue weighted by Gasteiger charge is -2.26. The number of amides is 1. The third kappa shape index (κ3) is 4.21. The first-order valence-corrected chi connectivity index (χ1v) is 10.0. The molecule has 0 N–H and O–H groups in total. The molecule has 0 saturated carbocycles. The topological polar surface area (TPSA) is 36.0 Å². The highest BCUT2D eigenvalue weighted by molar-refractivity contribution is 5.95. The Hall–Kier alpha value is -2.37. The molecule has 1 fully saturated rings. The Morgan fingerprint density at radius 1 is 1.11 bits per heavy atom. The van der Waals surface area contributed by atoms with Crippen LogP contribution in [-0.2, 0) is 17.8 Å². The molecule has 0 unspecified atom stereocenters. The molecule has 0 bridgehead atoms. The molecule has 1 amide bonds. The van der Waals surface area contributed by atoms with Gasteiger partial charge in [-0.25, -0.2) is 0 Å². The van der Waals surface area contributed by atoms with E-state index in [1.807, 2.05) is 23.1 Å². The van der Waals surface area contributed by atoms with E-state index >= 15 is 0 Å². The smallest absolute Gasteiger partial charge is 0.254 e. The quantitative estimate of drug-likeness (QED) is 0.819. The average molecular weight is 380 g/mol. The molecule has 2 heterocycles. The predicted molar refractivity (Wildman–Crippen MR) is 112 cm³/mol. The van der Waals surface area contributed by atoms with Gasteiger partial charge in [0.1, 0.15) is 0 Å². The first-order valence-electron chi connectivity index (χ1n) is 10.0. The molecule has 0 spiro atoms. The summed E-state index contributed by atoms with van der Waals surface area (Å²) < 4.78 is 5.74. The predicted octanol–water partition coefficient (Wildman–Crippen LogP) is 2.86. The second-order valence-corrected chi connectivity index (χ2v) is 8.13. The van der Waals surface area contributed by atoms with Crippen LogP contribution in [0.2, 0.25) is 0 Å². The SMILES string of the molecule is CN(C)C[C@H]1COCCN(C(=O)c2cccc(N3Cc4ccccc4C3)c2)C1. The van der Waals surface area contributed by atoms with Crippen LogP contribution in [0.4, 0.5) is 5.69 Å². The van der Waals surface area contributed by atoms with Crippen LogP contribution in [0.3, 0.4) is 0 Å². The van der Waals surface area contributed by atoms with E-state index in [1.54, 1.807) is 0 Å². The minimum absolute atomic E-state index is 0.104. The summed E-state index contributed by atoms with van der Waals surface area (Å²) in [7, 11) is 4.13. The van der Waals surface area contributed by atoms with Gasteiger partial charge in [-0.3, -0.25) is 4.79 Å². The van der Waals surface area contributed by atoms with Crippen LogP contribution in [0.5, 0.6) is 0 Å². The van der Waals surface area contributed by atoms with Crippen molar-refractivity contribution in [3.05, 3.63) is 65.2 Å². The number of carbonyl (C=O) groups is 1. The zero-order chi connectivity index (χ0) is 19.5. The van der Waals surface area contributed by atoms with Crippen LogP contribution in [0, 0.1) is 5.92 Å². The van der Waals surface area contributed by atoms with Gasteiger partial charge in [-0.15, -0.1) is 0 Å². The molecule has 2 aliphatic heterocycles. The van der Waals surface area contributed by atoms with Crippen LogP contribution in [0.1, 0.15) is 21.5 Å².